The van der Waals surface area contributed by atoms with Crippen LogP contribution in [-0.2, 0) is 7.05 Å². The summed E-state index contributed by atoms with van der Waals surface area (Å²) in [6, 6.07) is 16.5. The number of nitrogens with zero attached hydrogens (tertiary/aromatic N) is 5. The maximum absolute atomic E-state index is 12.8. The SMILES string of the molecule is COc1ccccc1-c1cc(NC(=O)c2nnn(-c3ccc(Cl)cc3)c2C)n(C)n1. The van der Waals surface area contributed by atoms with Gasteiger partial charge < -0.3 is 10.1 Å². The van der Waals surface area contributed by atoms with E-state index in [9.17, 15) is 4.79 Å². The van der Waals surface area contributed by atoms with Crippen molar-refractivity contribution < 1.29 is 9.53 Å². The van der Waals surface area contributed by atoms with Gasteiger partial charge in [-0.2, -0.15) is 5.10 Å². The number of ether oxygens (including phenoxy) is 1. The second-order valence-electron chi connectivity index (χ2n) is 6.60. The van der Waals surface area contributed by atoms with Gasteiger partial charge in [0.1, 0.15) is 11.6 Å². The third-order valence-electron chi connectivity index (χ3n) is 4.69. The first-order valence-corrected chi connectivity index (χ1v) is 9.52. The number of halogens is 1. The van der Waals surface area contributed by atoms with E-state index >= 15 is 0 Å². The molecule has 4 rings (SSSR count). The molecule has 0 spiro atoms. The Morgan fingerprint density at radius 3 is 2.60 bits per heavy atom. The molecule has 0 aliphatic rings. The number of carbonyl (C=O) groups excluding carboxylic acids is 1. The minimum Gasteiger partial charge on any atom is -0.496 e. The molecule has 4 aromatic rings. The standard InChI is InChI=1S/C21H19ClN6O2/c1-13-20(24-26-28(13)15-10-8-14(22)9-11-15)21(29)23-19-12-17(25-27(19)2)16-6-4-5-7-18(16)30-3/h4-12H,1-3H3,(H,23,29). The maximum atomic E-state index is 12.8. The molecule has 8 nitrogen and oxygen atoms in total. The summed E-state index contributed by atoms with van der Waals surface area (Å²) in [7, 11) is 3.36. The average Bonchev–Trinajstić information content (AvgIpc) is 3.31. The summed E-state index contributed by atoms with van der Waals surface area (Å²) >= 11 is 5.94. The van der Waals surface area contributed by atoms with Crippen LogP contribution in [0.15, 0.2) is 54.6 Å². The summed E-state index contributed by atoms with van der Waals surface area (Å²) < 4.78 is 8.59. The van der Waals surface area contributed by atoms with Crippen LogP contribution >= 0.6 is 11.6 Å². The number of aryl methyl sites for hydroxylation is 1. The number of hydrogen-bond donors (Lipinski definition) is 1. The summed E-state index contributed by atoms with van der Waals surface area (Å²) in [6.45, 7) is 1.78. The minimum atomic E-state index is -0.373. The van der Waals surface area contributed by atoms with Crippen LogP contribution in [0.4, 0.5) is 5.82 Å². The van der Waals surface area contributed by atoms with Crippen molar-refractivity contribution in [3.63, 3.8) is 0 Å². The largest absolute Gasteiger partial charge is 0.496 e. The fraction of sp³-hybridized carbons (Fsp3) is 0.143. The van der Waals surface area contributed by atoms with E-state index in [1.165, 1.54) is 0 Å². The predicted molar refractivity (Wildman–Crippen MR) is 114 cm³/mol. The first-order valence-electron chi connectivity index (χ1n) is 9.15. The molecule has 0 aliphatic carbocycles. The molecule has 2 heterocycles. The van der Waals surface area contributed by atoms with E-state index < -0.39 is 0 Å². The Labute approximate surface area is 178 Å². The molecule has 30 heavy (non-hydrogen) atoms. The Balaban J connectivity index is 1.59. The van der Waals surface area contributed by atoms with Gasteiger partial charge in [0.15, 0.2) is 5.69 Å². The molecule has 0 fully saturated rings. The zero-order valence-corrected chi connectivity index (χ0v) is 17.4. The van der Waals surface area contributed by atoms with Gasteiger partial charge in [0.05, 0.1) is 24.2 Å². The molecule has 0 atom stereocenters. The zero-order chi connectivity index (χ0) is 21.3. The lowest BCUT2D eigenvalue weighted by Crippen LogP contribution is -2.16. The van der Waals surface area contributed by atoms with Crippen LogP contribution in [0.3, 0.4) is 0 Å². The van der Waals surface area contributed by atoms with Gasteiger partial charge in [-0.25, -0.2) is 4.68 Å². The van der Waals surface area contributed by atoms with Crippen molar-refractivity contribution in [1.82, 2.24) is 24.8 Å². The van der Waals surface area contributed by atoms with Crippen molar-refractivity contribution >= 4 is 23.3 Å². The van der Waals surface area contributed by atoms with Crippen LogP contribution in [0.5, 0.6) is 5.75 Å². The lowest BCUT2D eigenvalue weighted by Gasteiger charge is -2.05. The molecule has 2 aromatic heterocycles. The monoisotopic (exact) mass is 422 g/mol. The molecule has 0 bridgehead atoms. The van der Waals surface area contributed by atoms with Crippen LogP contribution in [0.1, 0.15) is 16.2 Å². The number of carbonyl (C=O) groups is 1. The van der Waals surface area contributed by atoms with Gasteiger partial charge in [-0.1, -0.05) is 28.9 Å². The van der Waals surface area contributed by atoms with Crippen LogP contribution in [0.2, 0.25) is 5.02 Å². The van der Waals surface area contributed by atoms with Gasteiger partial charge in [0, 0.05) is 23.7 Å². The third kappa shape index (κ3) is 3.65. The minimum absolute atomic E-state index is 0.227. The van der Waals surface area contributed by atoms with Gasteiger partial charge in [-0.15, -0.1) is 5.10 Å². The molecule has 0 saturated heterocycles. The first-order chi connectivity index (χ1) is 14.5. The number of aromatic nitrogens is 5. The second-order valence-corrected chi connectivity index (χ2v) is 7.04. The lowest BCUT2D eigenvalue weighted by molar-refractivity contribution is 0.102. The topological polar surface area (TPSA) is 86.9 Å². The highest BCUT2D eigenvalue weighted by Gasteiger charge is 2.20. The fourth-order valence-corrected chi connectivity index (χ4v) is 3.24. The van der Waals surface area contributed by atoms with Crippen LogP contribution < -0.4 is 10.1 Å². The van der Waals surface area contributed by atoms with Crippen LogP contribution in [0.25, 0.3) is 16.9 Å². The molecule has 0 radical (unpaired) electrons. The zero-order valence-electron chi connectivity index (χ0n) is 16.6. The molecule has 1 amide bonds. The van der Waals surface area contributed by atoms with E-state index in [4.69, 9.17) is 16.3 Å². The molecule has 1 N–H and O–H groups in total. The Kier molecular flexibility index (Phi) is 5.24. The van der Waals surface area contributed by atoms with Crippen molar-refractivity contribution in [2.75, 3.05) is 12.4 Å². The third-order valence-corrected chi connectivity index (χ3v) is 4.94. The number of rotatable bonds is 5. The summed E-state index contributed by atoms with van der Waals surface area (Å²) in [5, 5.41) is 16.1. The molecular formula is C21H19ClN6O2. The van der Waals surface area contributed by atoms with E-state index in [1.54, 1.807) is 48.6 Å². The number of benzene rings is 2. The van der Waals surface area contributed by atoms with E-state index in [0.29, 0.717) is 28.0 Å². The van der Waals surface area contributed by atoms with E-state index in [1.807, 2.05) is 36.4 Å². The lowest BCUT2D eigenvalue weighted by atomic mass is 10.1. The Bertz CT molecular complexity index is 1210. The molecule has 0 saturated carbocycles. The summed E-state index contributed by atoms with van der Waals surface area (Å²) in [5.74, 6) is 0.860. The summed E-state index contributed by atoms with van der Waals surface area (Å²) in [5.41, 5.74) is 3.13. The molecule has 152 valence electrons. The Hall–Kier alpha value is -3.65. The van der Waals surface area contributed by atoms with Gasteiger partial charge >= 0.3 is 0 Å². The van der Waals surface area contributed by atoms with Crippen molar-refractivity contribution in [2.45, 2.75) is 6.92 Å². The van der Waals surface area contributed by atoms with Gasteiger partial charge in [-0.3, -0.25) is 9.48 Å². The van der Waals surface area contributed by atoms with Crippen molar-refractivity contribution in [1.29, 1.82) is 0 Å². The highest BCUT2D eigenvalue weighted by atomic mass is 35.5. The van der Waals surface area contributed by atoms with Gasteiger partial charge in [-0.05, 0) is 43.3 Å². The highest BCUT2D eigenvalue weighted by Crippen LogP contribution is 2.30. The number of nitrogens with one attached hydrogen (secondary N) is 1. The van der Waals surface area contributed by atoms with Crippen molar-refractivity contribution in [2.24, 2.45) is 7.05 Å². The van der Waals surface area contributed by atoms with Gasteiger partial charge in [0.2, 0.25) is 0 Å². The summed E-state index contributed by atoms with van der Waals surface area (Å²) in [6.07, 6.45) is 0. The van der Waals surface area contributed by atoms with Crippen LogP contribution in [0, 0.1) is 6.92 Å². The Morgan fingerprint density at radius 1 is 1.13 bits per heavy atom. The fourth-order valence-electron chi connectivity index (χ4n) is 3.11. The number of anilines is 1. The molecular weight excluding hydrogens is 404 g/mol. The van der Waals surface area contributed by atoms with E-state index in [0.717, 1.165) is 11.3 Å². The highest BCUT2D eigenvalue weighted by molar-refractivity contribution is 6.30. The smallest absolute Gasteiger partial charge is 0.279 e. The maximum Gasteiger partial charge on any atom is 0.279 e. The molecule has 0 aliphatic heterocycles. The molecule has 0 unspecified atom stereocenters. The van der Waals surface area contributed by atoms with E-state index in [-0.39, 0.29) is 11.6 Å². The predicted octanol–water partition coefficient (Wildman–Crippen LogP) is 3.89. The summed E-state index contributed by atoms with van der Waals surface area (Å²) in [4.78, 5) is 12.8. The van der Waals surface area contributed by atoms with E-state index in [2.05, 4.69) is 20.7 Å². The Morgan fingerprint density at radius 2 is 1.87 bits per heavy atom. The number of para-hydroxylation sites is 1. The number of hydrogen-bond acceptors (Lipinski definition) is 5. The van der Waals surface area contributed by atoms with Crippen LogP contribution in [-0.4, -0.2) is 37.8 Å². The quantitative estimate of drug-likeness (QED) is 0.527. The van der Waals surface area contributed by atoms with Crippen molar-refractivity contribution in [3.05, 3.63) is 71.0 Å². The normalized spacial score (nSPS) is 10.8. The number of methoxy groups -OCH3 is 1. The molecule has 2 aromatic carbocycles. The average molecular weight is 423 g/mol. The van der Waals surface area contributed by atoms with Crippen molar-refractivity contribution in [3.8, 4) is 22.7 Å². The number of amides is 1. The van der Waals surface area contributed by atoms with Gasteiger partial charge in [0.25, 0.3) is 5.91 Å². The molecule has 9 heteroatoms. The first kappa shape index (κ1) is 19.7. The second kappa shape index (κ2) is 8.00.